The van der Waals surface area contributed by atoms with E-state index in [1.165, 1.54) is 26.8 Å². The number of allylic oxidation sites excluding steroid dienone is 1. The van der Waals surface area contributed by atoms with Gasteiger partial charge in [-0.2, -0.15) is 4.39 Å². The highest BCUT2D eigenvalue weighted by molar-refractivity contribution is 7.96. The molecule has 5 heteroatoms. The number of sulfone groups is 1. The third kappa shape index (κ3) is 3.33. The van der Waals surface area contributed by atoms with Crippen LogP contribution in [0.4, 0.5) is 4.39 Å². The lowest BCUT2D eigenvalue weighted by atomic mass is 9.62. The molecule has 0 bridgehead atoms. The first-order chi connectivity index (χ1) is 10.9. The molecule has 2 fully saturated rings. The third-order valence-corrected chi connectivity index (χ3v) is 8.63. The molecule has 24 heavy (non-hydrogen) atoms. The SMILES string of the molecule is C[C@H](C/C=C(/F)S(=O)(=O)C(C)(C)C)[C@H]1CC[C@H]2C(=O)CCC[C@]12C. The summed E-state index contributed by atoms with van der Waals surface area (Å²) in [7, 11) is -3.90. The number of halogens is 1. The van der Waals surface area contributed by atoms with Gasteiger partial charge in [0.2, 0.25) is 15.0 Å². The minimum absolute atomic E-state index is 0.00195. The van der Waals surface area contributed by atoms with E-state index in [0.717, 1.165) is 25.7 Å². The van der Waals surface area contributed by atoms with Crippen LogP contribution in [0, 0.1) is 23.2 Å². The molecule has 2 saturated carbocycles. The summed E-state index contributed by atoms with van der Waals surface area (Å²) < 4.78 is 37.4. The number of hydrogen-bond acceptors (Lipinski definition) is 3. The molecule has 0 aromatic heterocycles. The van der Waals surface area contributed by atoms with Crippen molar-refractivity contribution in [3.8, 4) is 0 Å². The van der Waals surface area contributed by atoms with Gasteiger partial charge in [-0.15, -0.1) is 0 Å². The van der Waals surface area contributed by atoms with Gasteiger partial charge in [-0.3, -0.25) is 4.79 Å². The van der Waals surface area contributed by atoms with Gasteiger partial charge in [-0.05, 0) is 76.2 Å². The fourth-order valence-corrected chi connectivity index (χ4v) is 5.65. The van der Waals surface area contributed by atoms with Crippen molar-refractivity contribution in [2.24, 2.45) is 23.2 Å². The molecule has 0 N–H and O–H groups in total. The number of carbonyl (C=O) groups is 1. The van der Waals surface area contributed by atoms with Crippen LogP contribution in [0.1, 0.15) is 73.1 Å². The Morgan fingerprint density at radius 3 is 2.58 bits per heavy atom. The van der Waals surface area contributed by atoms with Crippen molar-refractivity contribution in [2.45, 2.75) is 77.9 Å². The van der Waals surface area contributed by atoms with Crippen molar-refractivity contribution in [3.63, 3.8) is 0 Å². The number of fused-ring (bicyclic) bond motifs is 1. The molecule has 0 amide bonds. The number of carbonyl (C=O) groups excluding carboxylic acids is 1. The second-order valence-electron chi connectivity index (χ2n) is 8.90. The Kier molecular flexibility index (Phi) is 5.35. The second-order valence-corrected chi connectivity index (χ2v) is 11.5. The Morgan fingerprint density at radius 1 is 1.38 bits per heavy atom. The molecule has 0 heterocycles. The summed E-state index contributed by atoms with van der Waals surface area (Å²) in [4.78, 5) is 12.2. The van der Waals surface area contributed by atoms with Crippen LogP contribution in [0.25, 0.3) is 0 Å². The van der Waals surface area contributed by atoms with E-state index < -0.39 is 19.7 Å². The maximum atomic E-state index is 14.2. The minimum Gasteiger partial charge on any atom is -0.299 e. The van der Waals surface area contributed by atoms with Crippen LogP contribution in [0.3, 0.4) is 0 Å². The van der Waals surface area contributed by atoms with E-state index in [4.69, 9.17) is 0 Å². The highest BCUT2D eigenvalue weighted by Gasteiger charge is 2.52. The highest BCUT2D eigenvalue weighted by Crippen LogP contribution is 2.57. The second kappa shape index (κ2) is 6.54. The van der Waals surface area contributed by atoms with Gasteiger partial charge in [0.05, 0.1) is 4.75 Å². The molecule has 138 valence electrons. The molecule has 3 nitrogen and oxygen atoms in total. The van der Waals surface area contributed by atoms with Crippen LogP contribution in [0.2, 0.25) is 0 Å². The first-order valence-corrected chi connectivity index (χ1v) is 10.5. The fraction of sp³-hybridized carbons (Fsp3) is 0.842. The summed E-state index contributed by atoms with van der Waals surface area (Å²) >= 11 is 0. The Morgan fingerprint density at radius 2 is 2.00 bits per heavy atom. The standard InChI is InChI=1S/C19H31FO3S/c1-13(8-11-17(20)24(22,23)18(2,3)4)14-9-10-15-16(21)7-6-12-19(14,15)5/h11,13-15H,6-10,12H2,1-5H3/b17-11-/t13-,14-,15+,19-/m1/s1. The van der Waals surface area contributed by atoms with E-state index in [2.05, 4.69) is 13.8 Å². The van der Waals surface area contributed by atoms with Crippen molar-refractivity contribution >= 4 is 15.6 Å². The van der Waals surface area contributed by atoms with E-state index in [0.29, 0.717) is 24.5 Å². The van der Waals surface area contributed by atoms with Crippen LogP contribution in [0.5, 0.6) is 0 Å². The molecule has 2 rings (SSSR count). The lowest BCUT2D eigenvalue weighted by Gasteiger charge is -2.42. The van der Waals surface area contributed by atoms with Crippen molar-refractivity contribution < 1.29 is 17.6 Å². The average molecular weight is 359 g/mol. The predicted molar refractivity (Wildman–Crippen MR) is 94.8 cm³/mol. The van der Waals surface area contributed by atoms with Gasteiger partial charge >= 0.3 is 0 Å². The smallest absolute Gasteiger partial charge is 0.211 e. The van der Waals surface area contributed by atoms with E-state index in [1.807, 2.05) is 0 Å². The van der Waals surface area contributed by atoms with Crippen LogP contribution in [0.15, 0.2) is 11.2 Å². The predicted octanol–water partition coefficient (Wildman–Crippen LogP) is 4.82. The Hall–Kier alpha value is -0.710. The molecule has 0 unspecified atom stereocenters. The molecule has 2 aliphatic carbocycles. The van der Waals surface area contributed by atoms with E-state index in [1.54, 1.807) is 0 Å². The molecule has 0 spiro atoms. The maximum Gasteiger partial charge on any atom is 0.211 e. The Labute approximate surface area is 146 Å². The first-order valence-electron chi connectivity index (χ1n) is 9.04. The lowest BCUT2D eigenvalue weighted by molar-refractivity contribution is -0.130. The lowest BCUT2D eigenvalue weighted by Crippen LogP contribution is -2.39. The quantitative estimate of drug-likeness (QED) is 0.724. The average Bonchev–Trinajstić information content (AvgIpc) is 2.81. The van der Waals surface area contributed by atoms with Gasteiger partial charge in [-0.1, -0.05) is 13.8 Å². The van der Waals surface area contributed by atoms with E-state index in [9.17, 15) is 17.6 Å². The molecule has 0 aromatic rings. The van der Waals surface area contributed by atoms with Crippen molar-refractivity contribution in [1.29, 1.82) is 0 Å². The highest BCUT2D eigenvalue weighted by atomic mass is 32.2. The maximum absolute atomic E-state index is 14.2. The van der Waals surface area contributed by atoms with Crippen LogP contribution >= 0.6 is 0 Å². The van der Waals surface area contributed by atoms with Crippen LogP contribution in [-0.4, -0.2) is 18.9 Å². The zero-order chi connectivity index (χ0) is 18.3. The fourth-order valence-electron chi connectivity index (χ4n) is 4.75. The Balaban J connectivity index is 2.12. The number of Topliss-reactive ketones (excluding diaryl/α,β-unsaturated/α-hetero) is 1. The van der Waals surface area contributed by atoms with Gasteiger partial charge in [0, 0.05) is 12.3 Å². The molecule has 0 saturated heterocycles. The van der Waals surface area contributed by atoms with Crippen molar-refractivity contribution in [2.75, 3.05) is 0 Å². The molecular weight excluding hydrogens is 327 g/mol. The molecule has 4 atom stereocenters. The zero-order valence-corrected chi connectivity index (χ0v) is 16.4. The van der Waals surface area contributed by atoms with Gasteiger partial charge in [0.25, 0.3) is 0 Å². The van der Waals surface area contributed by atoms with Gasteiger partial charge in [0.1, 0.15) is 5.78 Å². The molecule has 0 aliphatic heterocycles. The van der Waals surface area contributed by atoms with Crippen LogP contribution < -0.4 is 0 Å². The van der Waals surface area contributed by atoms with Gasteiger partial charge in [-0.25, -0.2) is 8.42 Å². The summed E-state index contributed by atoms with van der Waals surface area (Å²) in [6, 6.07) is 0. The first kappa shape index (κ1) is 19.6. The monoisotopic (exact) mass is 358 g/mol. The molecule has 2 aliphatic rings. The number of ketones is 1. The topological polar surface area (TPSA) is 51.2 Å². The van der Waals surface area contributed by atoms with E-state index >= 15 is 0 Å². The van der Waals surface area contributed by atoms with E-state index in [-0.39, 0.29) is 17.3 Å². The largest absolute Gasteiger partial charge is 0.299 e. The minimum atomic E-state index is -3.90. The summed E-state index contributed by atoms with van der Waals surface area (Å²) in [6.07, 6.45) is 6.24. The Bertz CT molecular complexity index is 629. The van der Waals surface area contributed by atoms with Crippen molar-refractivity contribution in [1.82, 2.24) is 0 Å². The number of hydrogen-bond donors (Lipinski definition) is 0. The third-order valence-electron chi connectivity index (χ3n) is 6.34. The van der Waals surface area contributed by atoms with Gasteiger partial charge < -0.3 is 0 Å². The summed E-state index contributed by atoms with van der Waals surface area (Å²) in [6.45, 7) is 8.79. The van der Waals surface area contributed by atoms with Crippen LogP contribution in [-0.2, 0) is 14.6 Å². The summed E-state index contributed by atoms with van der Waals surface area (Å²) in [5.41, 5.74) is 0.00195. The number of rotatable bonds is 4. The van der Waals surface area contributed by atoms with Crippen molar-refractivity contribution in [3.05, 3.63) is 11.2 Å². The summed E-state index contributed by atoms with van der Waals surface area (Å²) in [5.74, 6) is 1.06. The molecular formula is C19H31FO3S. The molecule has 0 aromatic carbocycles. The molecule has 0 radical (unpaired) electrons. The summed E-state index contributed by atoms with van der Waals surface area (Å²) in [5, 5.41) is -1.01. The zero-order valence-electron chi connectivity index (χ0n) is 15.6. The normalized spacial score (nSPS) is 33.4. The van der Waals surface area contributed by atoms with Gasteiger partial charge in [0.15, 0.2) is 0 Å².